The van der Waals surface area contributed by atoms with Crippen LogP contribution in [0.5, 0.6) is 11.6 Å². The Hall–Kier alpha value is -3.42. The molecule has 0 saturated carbocycles. The van der Waals surface area contributed by atoms with E-state index in [0.717, 1.165) is 23.8 Å². The Morgan fingerprint density at radius 2 is 1.96 bits per heavy atom. The lowest BCUT2D eigenvalue weighted by Gasteiger charge is -2.11. The lowest BCUT2D eigenvalue weighted by molar-refractivity contribution is 0.461. The monoisotopic (exact) mass is 382 g/mol. The molecule has 8 heteroatoms. The van der Waals surface area contributed by atoms with Gasteiger partial charge in [0.2, 0.25) is 5.88 Å². The predicted octanol–water partition coefficient (Wildman–Crippen LogP) is 3.00. The quantitative estimate of drug-likeness (QED) is 0.485. The number of hydrogen-bond acceptors (Lipinski definition) is 4. The van der Waals surface area contributed by atoms with Crippen LogP contribution in [0.1, 0.15) is 18.2 Å². The van der Waals surface area contributed by atoms with Crippen LogP contribution in [0.2, 0.25) is 0 Å². The van der Waals surface area contributed by atoms with Crippen LogP contribution in [0.4, 0.5) is 4.39 Å². The van der Waals surface area contributed by atoms with Crippen LogP contribution in [0.3, 0.4) is 0 Å². The SMILES string of the molecule is CCNC(=NCc1ccc(Oc2ccc(F)cc2)nc1)NCc1ccnn1C. The number of ether oxygens (including phenoxy) is 1. The predicted molar refractivity (Wildman–Crippen MR) is 106 cm³/mol. The fourth-order valence-electron chi connectivity index (χ4n) is 2.45. The maximum atomic E-state index is 12.9. The molecule has 0 unspecified atom stereocenters. The van der Waals surface area contributed by atoms with Crippen LogP contribution in [-0.4, -0.2) is 27.3 Å². The molecule has 1 aromatic carbocycles. The Bertz CT molecular complexity index is 905. The molecule has 3 aromatic rings. The summed E-state index contributed by atoms with van der Waals surface area (Å²) in [6, 6.07) is 11.4. The zero-order valence-corrected chi connectivity index (χ0v) is 15.9. The summed E-state index contributed by atoms with van der Waals surface area (Å²) in [4.78, 5) is 8.86. The average Bonchev–Trinajstić information content (AvgIpc) is 3.12. The molecule has 0 atom stereocenters. The molecule has 2 heterocycles. The van der Waals surface area contributed by atoms with E-state index in [0.29, 0.717) is 24.7 Å². The number of benzene rings is 1. The molecule has 7 nitrogen and oxygen atoms in total. The number of nitrogens with one attached hydrogen (secondary N) is 2. The smallest absolute Gasteiger partial charge is 0.219 e. The maximum Gasteiger partial charge on any atom is 0.219 e. The number of halogens is 1. The first kappa shape index (κ1) is 19.3. The molecule has 3 rings (SSSR count). The molecule has 0 saturated heterocycles. The van der Waals surface area contributed by atoms with E-state index in [1.165, 1.54) is 12.1 Å². The van der Waals surface area contributed by atoms with E-state index in [9.17, 15) is 4.39 Å². The van der Waals surface area contributed by atoms with Gasteiger partial charge < -0.3 is 15.4 Å². The molecule has 0 aliphatic rings. The molecule has 2 aromatic heterocycles. The van der Waals surface area contributed by atoms with Crippen LogP contribution in [0.25, 0.3) is 0 Å². The van der Waals surface area contributed by atoms with E-state index in [1.54, 1.807) is 30.6 Å². The molecule has 0 aliphatic heterocycles. The van der Waals surface area contributed by atoms with Crippen molar-refractivity contribution in [3.05, 3.63) is 71.9 Å². The minimum absolute atomic E-state index is 0.304. The highest BCUT2D eigenvalue weighted by atomic mass is 19.1. The Labute approximate surface area is 163 Å². The summed E-state index contributed by atoms with van der Waals surface area (Å²) in [5.41, 5.74) is 2.01. The minimum Gasteiger partial charge on any atom is -0.439 e. The number of guanidine groups is 1. The van der Waals surface area contributed by atoms with Gasteiger partial charge in [0.1, 0.15) is 11.6 Å². The molecule has 146 valence electrons. The van der Waals surface area contributed by atoms with Gasteiger partial charge in [-0.25, -0.2) is 14.4 Å². The largest absolute Gasteiger partial charge is 0.439 e. The lowest BCUT2D eigenvalue weighted by atomic mass is 10.3. The van der Waals surface area contributed by atoms with E-state index in [2.05, 4.69) is 25.7 Å². The van der Waals surface area contributed by atoms with E-state index < -0.39 is 0 Å². The highest BCUT2D eigenvalue weighted by molar-refractivity contribution is 5.79. The van der Waals surface area contributed by atoms with Crippen molar-refractivity contribution in [2.45, 2.75) is 20.0 Å². The number of aromatic nitrogens is 3. The molecule has 0 radical (unpaired) electrons. The summed E-state index contributed by atoms with van der Waals surface area (Å²) in [6.45, 7) is 3.89. The van der Waals surface area contributed by atoms with Gasteiger partial charge in [0.05, 0.1) is 18.8 Å². The van der Waals surface area contributed by atoms with Crippen molar-refractivity contribution in [3.8, 4) is 11.6 Å². The van der Waals surface area contributed by atoms with Crippen LogP contribution in [-0.2, 0) is 20.1 Å². The lowest BCUT2D eigenvalue weighted by Crippen LogP contribution is -2.37. The molecule has 0 aliphatic carbocycles. The molecular formula is C20H23FN6O. The van der Waals surface area contributed by atoms with Crippen LogP contribution >= 0.6 is 0 Å². The summed E-state index contributed by atoms with van der Waals surface area (Å²) < 4.78 is 20.4. The standard InChI is InChI=1S/C20H23FN6O/c1-3-22-20(25-14-17-10-11-26-27(17)2)24-13-15-4-9-19(23-12-15)28-18-7-5-16(21)6-8-18/h4-12H,3,13-14H2,1-2H3,(H2,22,24,25). The fourth-order valence-corrected chi connectivity index (χ4v) is 2.45. The average molecular weight is 382 g/mol. The number of rotatable bonds is 7. The summed E-state index contributed by atoms with van der Waals surface area (Å²) in [6.07, 6.45) is 3.48. The Kier molecular flexibility index (Phi) is 6.56. The Balaban J connectivity index is 1.57. The van der Waals surface area contributed by atoms with Gasteiger partial charge in [0.15, 0.2) is 5.96 Å². The first-order chi connectivity index (χ1) is 13.6. The molecule has 0 amide bonds. The highest BCUT2D eigenvalue weighted by Crippen LogP contribution is 2.19. The van der Waals surface area contributed by atoms with Crippen molar-refractivity contribution in [1.82, 2.24) is 25.4 Å². The van der Waals surface area contributed by atoms with Gasteiger partial charge >= 0.3 is 0 Å². The van der Waals surface area contributed by atoms with E-state index >= 15 is 0 Å². The van der Waals surface area contributed by atoms with Crippen molar-refractivity contribution in [1.29, 1.82) is 0 Å². The van der Waals surface area contributed by atoms with Gasteiger partial charge in [-0.05, 0) is 42.8 Å². The van der Waals surface area contributed by atoms with Crippen molar-refractivity contribution in [2.24, 2.45) is 12.0 Å². The Morgan fingerprint density at radius 1 is 1.14 bits per heavy atom. The molecule has 0 fully saturated rings. The molecule has 2 N–H and O–H groups in total. The molecule has 28 heavy (non-hydrogen) atoms. The van der Waals surface area contributed by atoms with Crippen LogP contribution < -0.4 is 15.4 Å². The highest BCUT2D eigenvalue weighted by Gasteiger charge is 2.03. The maximum absolute atomic E-state index is 12.9. The third-order valence-electron chi connectivity index (χ3n) is 3.96. The summed E-state index contributed by atoms with van der Waals surface area (Å²) in [7, 11) is 1.91. The number of pyridine rings is 1. The minimum atomic E-state index is -0.304. The van der Waals surface area contributed by atoms with Crippen molar-refractivity contribution < 1.29 is 9.13 Å². The van der Waals surface area contributed by atoms with Crippen molar-refractivity contribution in [2.75, 3.05) is 6.54 Å². The van der Waals surface area contributed by atoms with Gasteiger partial charge in [-0.1, -0.05) is 6.07 Å². The van der Waals surface area contributed by atoms with Gasteiger partial charge in [0.25, 0.3) is 0 Å². The topological polar surface area (TPSA) is 76.4 Å². The summed E-state index contributed by atoms with van der Waals surface area (Å²) >= 11 is 0. The number of hydrogen-bond donors (Lipinski definition) is 2. The van der Waals surface area contributed by atoms with Gasteiger partial charge in [-0.3, -0.25) is 4.68 Å². The number of nitrogens with zero attached hydrogens (tertiary/aromatic N) is 4. The van der Waals surface area contributed by atoms with Crippen molar-refractivity contribution in [3.63, 3.8) is 0 Å². The molecule has 0 spiro atoms. The third kappa shape index (κ3) is 5.54. The van der Waals surface area contributed by atoms with Gasteiger partial charge in [-0.15, -0.1) is 0 Å². The zero-order chi connectivity index (χ0) is 19.8. The second-order valence-corrected chi connectivity index (χ2v) is 6.06. The van der Waals surface area contributed by atoms with Crippen LogP contribution in [0, 0.1) is 5.82 Å². The van der Waals surface area contributed by atoms with E-state index in [4.69, 9.17) is 4.74 Å². The van der Waals surface area contributed by atoms with Crippen molar-refractivity contribution >= 4 is 5.96 Å². The van der Waals surface area contributed by atoms with Gasteiger partial charge in [0, 0.05) is 32.1 Å². The fraction of sp³-hybridized carbons (Fsp3) is 0.250. The molecule has 0 bridgehead atoms. The number of aryl methyl sites for hydroxylation is 1. The number of aliphatic imine (C=N–C) groups is 1. The van der Waals surface area contributed by atoms with E-state index in [1.807, 2.05) is 30.8 Å². The first-order valence-electron chi connectivity index (χ1n) is 9.01. The summed E-state index contributed by atoms with van der Waals surface area (Å²) in [5, 5.41) is 10.7. The van der Waals surface area contributed by atoms with Crippen LogP contribution in [0.15, 0.2) is 59.9 Å². The normalized spacial score (nSPS) is 11.3. The first-order valence-corrected chi connectivity index (χ1v) is 9.01. The zero-order valence-electron chi connectivity index (χ0n) is 15.9. The molecular weight excluding hydrogens is 359 g/mol. The van der Waals surface area contributed by atoms with Gasteiger partial charge in [-0.2, -0.15) is 5.10 Å². The van der Waals surface area contributed by atoms with E-state index in [-0.39, 0.29) is 5.82 Å². The second-order valence-electron chi connectivity index (χ2n) is 6.06. The summed E-state index contributed by atoms with van der Waals surface area (Å²) in [5.74, 6) is 1.39. The second kappa shape index (κ2) is 9.50. The third-order valence-corrected chi connectivity index (χ3v) is 3.96. The Morgan fingerprint density at radius 3 is 2.61 bits per heavy atom.